The number of benzene rings is 2. The standard InChI is InChI=1S/C22H22O6/c1-3-26-22(24)21-17(16-9-5-7-11-19(16)28-21)14-27-20(23)13-12-15-8-4-6-10-18(15)25-2/h4-11H,3,12-14H2,1-2H3. The first-order chi connectivity index (χ1) is 13.6. The lowest BCUT2D eigenvalue weighted by molar-refractivity contribution is -0.144. The minimum atomic E-state index is -0.571. The highest BCUT2D eigenvalue weighted by Gasteiger charge is 2.22. The van der Waals surface area contributed by atoms with Crippen LogP contribution in [0, 0.1) is 0 Å². The van der Waals surface area contributed by atoms with Gasteiger partial charge in [0, 0.05) is 11.8 Å². The van der Waals surface area contributed by atoms with E-state index < -0.39 is 5.97 Å². The molecular weight excluding hydrogens is 360 g/mol. The Morgan fingerprint density at radius 3 is 2.54 bits per heavy atom. The topological polar surface area (TPSA) is 75.0 Å². The minimum Gasteiger partial charge on any atom is -0.496 e. The number of para-hydroxylation sites is 2. The van der Waals surface area contributed by atoms with Gasteiger partial charge in [0.05, 0.1) is 19.3 Å². The highest BCUT2D eigenvalue weighted by atomic mass is 16.5. The van der Waals surface area contributed by atoms with Gasteiger partial charge in [-0.25, -0.2) is 4.79 Å². The predicted molar refractivity (Wildman–Crippen MR) is 103 cm³/mol. The van der Waals surface area contributed by atoms with E-state index in [0.717, 1.165) is 16.7 Å². The van der Waals surface area contributed by atoms with Crippen molar-refractivity contribution in [3.63, 3.8) is 0 Å². The molecular formula is C22H22O6. The summed E-state index contributed by atoms with van der Waals surface area (Å²) in [5, 5.41) is 0.725. The summed E-state index contributed by atoms with van der Waals surface area (Å²) in [4.78, 5) is 24.4. The second kappa shape index (κ2) is 9.08. The van der Waals surface area contributed by atoms with E-state index in [1.165, 1.54) is 0 Å². The number of ether oxygens (including phenoxy) is 3. The molecule has 0 saturated heterocycles. The molecule has 0 amide bonds. The summed E-state index contributed by atoms with van der Waals surface area (Å²) < 4.78 is 21.4. The van der Waals surface area contributed by atoms with Crippen molar-refractivity contribution in [1.29, 1.82) is 0 Å². The molecule has 1 aromatic heterocycles. The zero-order valence-electron chi connectivity index (χ0n) is 15.9. The summed E-state index contributed by atoms with van der Waals surface area (Å²) in [5.41, 5.74) is 1.99. The Balaban J connectivity index is 1.69. The lowest BCUT2D eigenvalue weighted by atomic mass is 10.1. The molecule has 2 aromatic carbocycles. The Morgan fingerprint density at radius 1 is 1.00 bits per heavy atom. The molecule has 3 rings (SSSR count). The lowest BCUT2D eigenvalue weighted by Crippen LogP contribution is -2.10. The molecule has 0 spiro atoms. The Hall–Kier alpha value is -3.28. The number of carbonyl (C=O) groups excluding carboxylic acids is 2. The molecule has 0 radical (unpaired) electrons. The van der Waals surface area contributed by atoms with E-state index in [9.17, 15) is 9.59 Å². The summed E-state index contributed by atoms with van der Waals surface area (Å²) in [5.74, 6) is -0.133. The molecule has 0 aliphatic heterocycles. The zero-order valence-corrected chi connectivity index (χ0v) is 15.9. The van der Waals surface area contributed by atoms with E-state index in [4.69, 9.17) is 18.6 Å². The van der Waals surface area contributed by atoms with E-state index in [1.54, 1.807) is 20.1 Å². The van der Waals surface area contributed by atoms with Crippen molar-refractivity contribution in [1.82, 2.24) is 0 Å². The minimum absolute atomic E-state index is 0.0596. The molecule has 28 heavy (non-hydrogen) atoms. The van der Waals surface area contributed by atoms with Gasteiger partial charge < -0.3 is 18.6 Å². The summed E-state index contributed by atoms with van der Waals surface area (Å²) in [7, 11) is 1.60. The number of rotatable bonds is 8. The van der Waals surface area contributed by atoms with Gasteiger partial charge in [-0.05, 0) is 31.0 Å². The van der Waals surface area contributed by atoms with Crippen LogP contribution in [-0.2, 0) is 27.3 Å². The molecule has 0 atom stereocenters. The molecule has 146 valence electrons. The molecule has 0 aliphatic rings. The Labute approximate surface area is 163 Å². The molecule has 0 bridgehead atoms. The van der Waals surface area contributed by atoms with Crippen LogP contribution >= 0.6 is 0 Å². The van der Waals surface area contributed by atoms with E-state index in [0.29, 0.717) is 17.6 Å². The van der Waals surface area contributed by atoms with E-state index in [1.807, 2.05) is 42.5 Å². The van der Waals surface area contributed by atoms with Gasteiger partial charge in [-0.1, -0.05) is 36.4 Å². The number of furan rings is 1. The first-order valence-electron chi connectivity index (χ1n) is 9.09. The normalized spacial score (nSPS) is 10.6. The van der Waals surface area contributed by atoms with Crippen molar-refractivity contribution in [2.24, 2.45) is 0 Å². The van der Waals surface area contributed by atoms with Crippen LogP contribution in [0.1, 0.15) is 35.0 Å². The van der Waals surface area contributed by atoms with Crippen molar-refractivity contribution < 1.29 is 28.2 Å². The van der Waals surface area contributed by atoms with Crippen LogP contribution in [0.15, 0.2) is 52.9 Å². The quantitative estimate of drug-likeness (QED) is 0.541. The zero-order chi connectivity index (χ0) is 19.9. The van der Waals surface area contributed by atoms with Gasteiger partial charge in [0.2, 0.25) is 5.76 Å². The Morgan fingerprint density at radius 2 is 1.75 bits per heavy atom. The lowest BCUT2D eigenvalue weighted by Gasteiger charge is -2.08. The molecule has 0 unspecified atom stereocenters. The van der Waals surface area contributed by atoms with Crippen molar-refractivity contribution >= 4 is 22.9 Å². The molecule has 0 N–H and O–H groups in total. The van der Waals surface area contributed by atoms with Crippen molar-refractivity contribution in [2.45, 2.75) is 26.4 Å². The van der Waals surface area contributed by atoms with Crippen LogP contribution in [0.2, 0.25) is 0 Å². The number of esters is 2. The highest BCUT2D eigenvalue weighted by Crippen LogP contribution is 2.27. The third-order valence-electron chi connectivity index (χ3n) is 4.33. The molecule has 1 heterocycles. The monoisotopic (exact) mass is 382 g/mol. The molecule has 6 nitrogen and oxygen atoms in total. The summed E-state index contributed by atoms with van der Waals surface area (Å²) >= 11 is 0. The first-order valence-corrected chi connectivity index (χ1v) is 9.09. The van der Waals surface area contributed by atoms with Gasteiger partial charge in [-0.15, -0.1) is 0 Å². The maximum absolute atomic E-state index is 12.2. The van der Waals surface area contributed by atoms with Crippen LogP contribution in [0.4, 0.5) is 0 Å². The Bertz CT molecular complexity index is 972. The van der Waals surface area contributed by atoms with Gasteiger partial charge in [0.15, 0.2) is 0 Å². The molecule has 3 aromatic rings. The SMILES string of the molecule is CCOC(=O)c1oc2ccccc2c1COC(=O)CCc1ccccc1OC. The van der Waals surface area contributed by atoms with Gasteiger partial charge in [-0.2, -0.15) is 0 Å². The van der Waals surface area contributed by atoms with Crippen molar-refractivity contribution in [3.05, 3.63) is 65.4 Å². The summed E-state index contributed by atoms with van der Waals surface area (Å²) in [6, 6.07) is 14.8. The summed E-state index contributed by atoms with van der Waals surface area (Å²) in [6.07, 6.45) is 0.699. The second-order valence-electron chi connectivity index (χ2n) is 6.10. The van der Waals surface area contributed by atoms with Crippen LogP contribution in [0.5, 0.6) is 5.75 Å². The summed E-state index contributed by atoms with van der Waals surface area (Å²) in [6.45, 7) is 1.89. The largest absolute Gasteiger partial charge is 0.496 e. The van der Waals surface area contributed by atoms with Crippen LogP contribution in [0.25, 0.3) is 11.0 Å². The fourth-order valence-electron chi connectivity index (χ4n) is 2.97. The van der Waals surface area contributed by atoms with Gasteiger partial charge in [0.25, 0.3) is 0 Å². The Kier molecular flexibility index (Phi) is 6.32. The smallest absolute Gasteiger partial charge is 0.374 e. The average molecular weight is 382 g/mol. The second-order valence-corrected chi connectivity index (χ2v) is 6.10. The van der Waals surface area contributed by atoms with Crippen LogP contribution in [0.3, 0.4) is 0 Å². The van der Waals surface area contributed by atoms with Crippen LogP contribution < -0.4 is 4.74 Å². The van der Waals surface area contributed by atoms with E-state index >= 15 is 0 Å². The molecule has 0 saturated carbocycles. The van der Waals surface area contributed by atoms with Gasteiger partial charge in [-0.3, -0.25) is 4.79 Å². The van der Waals surface area contributed by atoms with Crippen molar-refractivity contribution in [2.75, 3.05) is 13.7 Å². The third-order valence-corrected chi connectivity index (χ3v) is 4.33. The van der Waals surface area contributed by atoms with Gasteiger partial charge >= 0.3 is 11.9 Å². The van der Waals surface area contributed by atoms with E-state index in [-0.39, 0.29) is 31.4 Å². The number of methoxy groups -OCH3 is 1. The fourth-order valence-corrected chi connectivity index (χ4v) is 2.97. The number of hydrogen-bond acceptors (Lipinski definition) is 6. The third kappa shape index (κ3) is 4.34. The molecule has 0 fully saturated rings. The van der Waals surface area contributed by atoms with E-state index in [2.05, 4.69) is 0 Å². The molecule has 0 aliphatic carbocycles. The number of aryl methyl sites for hydroxylation is 1. The molecule has 6 heteroatoms. The maximum atomic E-state index is 12.2. The highest BCUT2D eigenvalue weighted by molar-refractivity contribution is 5.96. The van der Waals surface area contributed by atoms with Gasteiger partial charge in [0.1, 0.15) is 17.9 Å². The van der Waals surface area contributed by atoms with Crippen molar-refractivity contribution in [3.8, 4) is 5.75 Å². The number of fused-ring (bicyclic) bond motifs is 1. The van der Waals surface area contributed by atoms with Crippen LogP contribution in [-0.4, -0.2) is 25.7 Å². The number of carbonyl (C=O) groups is 2. The fraction of sp³-hybridized carbons (Fsp3) is 0.273. The maximum Gasteiger partial charge on any atom is 0.374 e. The predicted octanol–water partition coefficient (Wildman–Crippen LogP) is 4.29. The average Bonchev–Trinajstić information content (AvgIpc) is 3.10. The first kappa shape index (κ1) is 19.5. The number of hydrogen-bond donors (Lipinski definition) is 0.